The van der Waals surface area contributed by atoms with Crippen molar-refractivity contribution in [2.75, 3.05) is 18.1 Å². The number of ether oxygens (including phenoxy) is 1. The number of nitrogens with zero attached hydrogens (tertiary/aromatic N) is 1. The van der Waals surface area contributed by atoms with Crippen LogP contribution >= 0.6 is 23.8 Å². The Kier molecular flexibility index (Phi) is 5.42. The van der Waals surface area contributed by atoms with E-state index in [0.29, 0.717) is 17.2 Å². The van der Waals surface area contributed by atoms with Crippen molar-refractivity contribution >= 4 is 40.5 Å². The van der Waals surface area contributed by atoms with Crippen LogP contribution < -0.4 is 10.6 Å². The number of benzene rings is 1. The number of carbonyl (C=O) groups is 1. The first-order valence-electron chi connectivity index (χ1n) is 7.07. The van der Waals surface area contributed by atoms with Crippen LogP contribution in [0.2, 0.25) is 5.02 Å². The van der Waals surface area contributed by atoms with Gasteiger partial charge in [-0.2, -0.15) is 0 Å². The lowest BCUT2D eigenvalue weighted by Gasteiger charge is -2.36. The molecule has 0 aromatic heterocycles. The predicted molar refractivity (Wildman–Crippen MR) is 89.0 cm³/mol. The third-order valence-electron chi connectivity index (χ3n) is 3.61. The Hall–Kier alpha value is -1.33. The topological polar surface area (TPSA) is 55.6 Å². The van der Waals surface area contributed by atoms with E-state index in [4.69, 9.17) is 34.3 Å². The molecule has 1 unspecified atom stereocenters. The lowest BCUT2D eigenvalue weighted by molar-refractivity contribution is -0.145. The molecular formula is C15H19ClN2O2S. The molecule has 0 amide bonds. The van der Waals surface area contributed by atoms with Crippen LogP contribution in [-0.4, -0.2) is 30.2 Å². The second-order valence-corrected chi connectivity index (χ2v) is 5.83. The number of esters is 1. The van der Waals surface area contributed by atoms with Crippen molar-refractivity contribution < 1.29 is 9.53 Å². The van der Waals surface area contributed by atoms with Crippen LogP contribution in [0, 0.1) is 0 Å². The molecule has 1 aromatic rings. The van der Waals surface area contributed by atoms with E-state index in [2.05, 4.69) is 4.90 Å². The molecule has 0 saturated carbocycles. The maximum atomic E-state index is 12.1. The van der Waals surface area contributed by atoms with Crippen LogP contribution in [0.4, 0.5) is 5.69 Å². The summed E-state index contributed by atoms with van der Waals surface area (Å²) in [6.45, 7) is 3.02. The van der Waals surface area contributed by atoms with Crippen LogP contribution in [0.15, 0.2) is 18.2 Å². The molecule has 0 bridgehead atoms. The van der Waals surface area contributed by atoms with Gasteiger partial charge in [0.2, 0.25) is 0 Å². The summed E-state index contributed by atoms with van der Waals surface area (Å²) in [6.07, 6.45) is 2.87. The van der Waals surface area contributed by atoms with Crippen molar-refractivity contribution in [2.24, 2.45) is 5.73 Å². The zero-order valence-electron chi connectivity index (χ0n) is 12.0. The first-order valence-corrected chi connectivity index (χ1v) is 7.86. The molecule has 1 saturated heterocycles. The van der Waals surface area contributed by atoms with E-state index in [1.165, 1.54) is 0 Å². The number of carbonyl (C=O) groups excluding carboxylic acids is 1. The number of anilines is 1. The number of halogens is 1. The standard InChI is InChI=1S/C15H19ClN2O2S/c1-2-20-15(19)13-5-3-4-8-18(13)10-6-7-11(14(17)21)12(16)9-10/h6-7,9,13H,2-5,8H2,1H3,(H2,17,21). The van der Waals surface area contributed by atoms with Gasteiger partial charge in [0.25, 0.3) is 0 Å². The SMILES string of the molecule is CCOC(=O)C1CCCCN1c1ccc(C(N)=S)c(Cl)c1. The third kappa shape index (κ3) is 3.66. The normalized spacial score (nSPS) is 18.4. The number of hydrogen-bond acceptors (Lipinski definition) is 4. The fourth-order valence-corrected chi connectivity index (χ4v) is 3.12. The van der Waals surface area contributed by atoms with Gasteiger partial charge >= 0.3 is 5.97 Å². The largest absolute Gasteiger partial charge is 0.464 e. The molecule has 114 valence electrons. The second kappa shape index (κ2) is 7.09. The van der Waals surface area contributed by atoms with Gasteiger partial charge in [-0.1, -0.05) is 23.8 Å². The summed E-state index contributed by atoms with van der Waals surface area (Å²) in [6, 6.07) is 5.27. The van der Waals surface area contributed by atoms with Gasteiger partial charge in [0.05, 0.1) is 11.6 Å². The van der Waals surface area contributed by atoms with Crippen molar-refractivity contribution in [2.45, 2.75) is 32.2 Å². The number of nitrogens with two attached hydrogens (primary N) is 1. The van der Waals surface area contributed by atoms with E-state index in [0.717, 1.165) is 31.5 Å². The van der Waals surface area contributed by atoms with E-state index in [9.17, 15) is 4.79 Å². The number of thiocarbonyl (C=S) groups is 1. The average Bonchev–Trinajstić information content (AvgIpc) is 2.47. The first-order chi connectivity index (χ1) is 10.0. The molecule has 1 aliphatic heterocycles. The molecule has 1 aliphatic rings. The molecule has 0 aliphatic carbocycles. The smallest absolute Gasteiger partial charge is 0.328 e. The Morgan fingerprint density at radius 2 is 2.29 bits per heavy atom. The summed E-state index contributed by atoms with van der Waals surface area (Å²) in [7, 11) is 0. The van der Waals surface area contributed by atoms with Gasteiger partial charge in [-0.3, -0.25) is 0 Å². The van der Waals surface area contributed by atoms with E-state index in [-0.39, 0.29) is 17.0 Å². The highest BCUT2D eigenvalue weighted by atomic mass is 35.5. The quantitative estimate of drug-likeness (QED) is 0.681. The van der Waals surface area contributed by atoms with Gasteiger partial charge in [-0.15, -0.1) is 0 Å². The zero-order valence-corrected chi connectivity index (χ0v) is 13.5. The Morgan fingerprint density at radius 3 is 2.90 bits per heavy atom. The van der Waals surface area contributed by atoms with Gasteiger partial charge < -0.3 is 15.4 Å². The third-order valence-corrected chi connectivity index (χ3v) is 4.14. The molecule has 0 radical (unpaired) electrons. The molecule has 1 aromatic carbocycles. The van der Waals surface area contributed by atoms with E-state index in [1.807, 2.05) is 19.1 Å². The highest BCUT2D eigenvalue weighted by Crippen LogP contribution is 2.29. The lowest BCUT2D eigenvalue weighted by Crippen LogP contribution is -2.45. The molecule has 1 heterocycles. The van der Waals surface area contributed by atoms with E-state index in [1.54, 1.807) is 6.07 Å². The minimum atomic E-state index is -0.245. The van der Waals surface area contributed by atoms with E-state index >= 15 is 0 Å². The average molecular weight is 327 g/mol. The molecule has 0 spiro atoms. The second-order valence-electron chi connectivity index (χ2n) is 4.99. The summed E-state index contributed by atoms with van der Waals surface area (Å²) in [4.78, 5) is 14.4. The summed E-state index contributed by atoms with van der Waals surface area (Å²) in [5.74, 6) is -0.174. The summed E-state index contributed by atoms with van der Waals surface area (Å²) < 4.78 is 5.17. The molecule has 1 fully saturated rings. The van der Waals surface area contributed by atoms with Crippen molar-refractivity contribution in [3.8, 4) is 0 Å². The predicted octanol–water partition coefficient (Wildman–Crippen LogP) is 2.90. The van der Waals surface area contributed by atoms with Crippen LogP contribution in [-0.2, 0) is 9.53 Å². The van der Waals surface area contributed by atoms with Gasteiger partial charge in [0.1, 0.15) is 11.0 Å². The van der Waals surface area contributed by atoms with Gasteiger partial charge in [-0.25, -0.2) is 4.79 Å². The minimum Gasteiger partial charge on any atom is -0.464 e. The van der Waals surface area contributed by atoms with Crippen molar-refractivity contribution in [3.63, 3.8) is 0 Å². The van der Waals surface area contributed by atoms with Crippen LogP contribution in [0.25, 0.3) is 0 Å². The fraction of sp³-hybridized carbons (Fsp3) is 0.467. The Labute approximate surface area is 135 Å². The Morgan fingerprint density at radius 1 is 1.52 bits per heavy atom. The lowest BCUT2D eigenvalue weighted by atomic mass is 10.0. The molecule has 2 rings (SSSR count). The molecule has 6 heteroatoms. The Balaban J connectivity index is 2.27. The Bertz CT molecular complexity index is 550. The highest BCUT2D eigenvalue weighted by Gasteiger charge is 2.30. The highest BCUT2D eigenvalue weighted by molar-refractivity contribution is 7.80. The summed E-state index contributed by atoms with van der Waals surface area (Å²) >= 11 is 11.2. The first kappa shape index (κ1) is 16.0. The van der Waals surface area contributed by atoms with E-state index < -0.39 is 0 Å². The van der Waals surface area contributed by atoms with Crippen molar-refractivity contribution in [3.05, 3.63) is 28.8 Å². The van der Waals surface area contributed by atoms with Gasteiger partial charge in [0, 0.05) is 17.8 Å². The van der Waals surface area contributed by atoms with Gasteiger partial charge in [-0.05, 0) is 44.4 Å². The number of piperidine rings is 1. The van der Waals surface area contributed by atoms with Gasteiger partial charge in [0.15, 0.2) is 0 Å². The summed E-state index contributed by atoms with van der Waals surface area (Å²) in [5.41, 5.74) is 7.17. The minimum absolute atomic E-state index is 0.174. The molecule has 2 N–H and O–H groups in total. The van der Waals surface area contributed by atoms with Crippen molar-refractivity contribution in [1.29, 1.82) is 0 Å². The summed E-state index contributed by atoms with van der Waals surface area (Å²) in [5, 5.41) is 0.508. The number of hydrogen-bond donors (Lipinski definition) is 1. The molecular weight excluding hydrogens is 308 g/mol. The molecule has 1 atom stereocenters. The fourth-order valence-electron chi connectivity index (χ4n) is 2.61. The number of rotatable bonds is 4. The maximum Gasteiger partial charge on any atom is 0.328 e. The van der Waals surface area contributed by atoms with Crippen molar-refractivity contribution in [1.82, 2.24) is 0 Å². The maximum absolute atomic E-state index is 12.1. The monoisotopic (exact) mass is 326 g/mol. The molecule has 21 heavy (non-hydrogen) atoms. The van der Waals surface area contributed by atoms with Crippen LogP contribution in [0.1, 0.15) is 31.7 Å². The van der Waals surface area contributed by atoms with Crippen LogP contribution in [0.5, 0.6) is 0 Å². The zero-order chi connectivity index (χ0) is 15.4. The van der Waals surface area contributed by atoms with Crippen LogP contribution in [0.3, 0.4) is 0 Å². The molecule has 4 nitrogen and oxygen atoms in total.